The van der Waals surface area contributed by atoms with Crippen LogP contribution in [0.25, 0.3) is 0 Å². The molecule has 1 N–H and O–H groups in total. The first-order chi connectivity index (χ1) is 5.77. The van der Waals surface area contributed by atoms with Gasteiger partial charge in [-0.2, -0.15) is 0 Å². The summed E-state index contributed by atoms with van der Waals surface area (Å²) in [5, 5.41) is 10.2. The molecule has 0 aromatic carbocycles. The van der Waals surface area contributed by atoms with Crippen molar-refractivity contribution >= 4 is 0 Å². The van der Waals surface area contributed by atoms with E-state index in [0.717, 1.165) is 12.8 Å². The summed E-state index contributed by atoms with van der Waals surface area (Å²) in [6, 6.07) is 0. The van der Waals surface area contributed by atoms with Crippen LogP contribution >= 0.6 is 0 Å². The Balaban J connectivity index is 4.06. The van der Waals surface area contributed by atoms with E-state index in [1.165, 1.54) is 0 Å². The van der Waals surface area contributed by atoms with Crippen LogP contribution in [0.2, 0.25) is 0 Å². The fourth-order valence-electron chi connectivity index (χ4n) is 1.53. The summed E-state index contributed by atoms with van der Waals surface area (Å²) >= 11 is 0. The first kappa shape index (κ1) is 13.0. The van der Waals surface area contributed by atoms with Crippen molar-refractivity contribution in [2.75, 3.05) is 0 Å². The molecule has 2 unspecified atom stereocenters. The number of rotatable bonds is 5. The smallest absolute Gasteiger partial charge is 0.0647 e. The van der Waals surface area contributed by atoms with Gasteiger partial charge in [0.25, 0.3) is 0 Å². The fourth-order valence-corrected chi connectivity index (χ4v) is 1.53. The van der Waals surface area contributed by atoms with Crippen LogP contribution in [0, 0.1) is 17.8 Å². The predicted molar refractivity (Wildman–Crippen MR) is 58.7 cm³/mol. The lowest BCUT2D eigenvalue weighted by Crippen LogP contribution is -2.36. The molecule has 0 spiro atoms. The maximum absolute atomic E-state index is 10.2. The maximum atomic E-state index is 10.2. The minimum atomic E-state index is -0.488. The molecule has 80 valence electrons. The lowest BCUT2D eigenvalue weighted by Gasteiger charge is -2.33. The standard InChI is InChI=1S/C12H26O/c1-9(2)7-8-12(6,13)11(5)10(3)4/h9-11,13H,7-8H2,1-6H3. The van der Waals surface area contributed by atoms with Gasteiger partial charge >= 0.3 is 0 Å². The molecule has 0 aromatic heterocycles. The molecule has 0 heterocycles. The van der Waals surface area contributed by atoms with Crippen LogP contribution in [0.1, 0.15) is 54.4 Å². The van der Waals surface area contributed by atoms with Crippen LogP contribution in [0.4, 0.5) is 0 Å². The summed E-state index contributed by atoms with van der Waals surface area (Å²) < 4.78 is 0. The fraction of sp³-hybridized carbons (Fsp3) is 1.00. The molecule has 0 aliphatic carbocycles. The van der Waals surface area contributed by atoms with E-state index in [1.54, 1.807) is 0 Å². The molecule has 1 nitrogen and oxygen atoms in total. The topological polar surface area (TPSA) is 20.2 Å². The van der Waals surface area contributed by atoms with Crippen LogP contribution in [-0.2, 0) is 0 Å². The summed E-state index contributed by atoms with van der Waals surface area (Å²) in [5.41, 5.74) is -0.488. The Hall–Kier alpha value is -0.0400. The predicted octanol–water partition coefficient (Wildman–Crippen LogP) is 3.47. The Morgan fingerprint density at radius 2 is 1.54 bits per heavy atom. The zero-order valence-corrected chi connectivity index (χ0v) is 10.1. The molecule has 0 aromatic rings. The Labute approximate surface area is 83.5 Å². The Bertz CT molecular complexity index is 136. The number of aliphatic hydroxyl groups is 1. The highest BCUT2D eigenvalue weighted by Gasteiger charge is 2.29. The van der Waals surface area contributed by atoms with E-state index in [-0.39, 0.29) is 0 Å². The highest BCUT2D eigenvalue weighted by molar-refractivity contribution is 4.81. The molecule has 0 rings (SSSR count). The first-order valence-electron chi connectivity index (χ1n) is 5.49. The molecular formula is C12H26O. The van der Waals surface area contributed by atoms with Crippen LogP contribution in [0.15, 0.2) is 0 Å². The quantitative estimate of drug-likeness (QED) is 0.697. The maximum Gasteiger partial charge on any atom is 0.0647 e. The van der Waals surface area contributed by atoms with E-state index in [0.29, 0.717) is 17.8 Å². The minimum Gasteiger partial charge on any atom is -0.390 e. The van der Waals surface area contributed by atoms with Gasteiger partial charge in [0.1, 0.15) is 0 Å². The van der Waals surface area contributed by atoms with Gasteiger partial charge < -0.3 is 5.11 Å². The van der Waals surface area contributed by atoms with Gasteiger partial charge in [0.15, 0.2) is 0 Å². The van der Waals surface area contributed by atoms with Gasteiger partial charge in [-0.25, -0.2) is 0 Å². The van der Waals surface area contributed by atoms with Crippen molar-refractivity contribution in [1.29, 1.82) is 0 Å². The Morgan fingerprint density at radius 3 is 1.85 bits per heavy atom. The third kappa shape index (κ3) is 4.66. The van der Waals surface area contributed by atoms with Crippen molar-refractivity contribution < 1.29 is 5.11 Å². The van der Waals surface area contributed by atoms with Crippen molar-refractivity contribution in [3.8, 4) is 0 Å². The van der Waals surface area contributed by atoms with Gasteiger partial charge in [-0.15, -0.1) is 0 Å². The van der Waals surface area contributed by atoms with Gasteiger partial charge in [-0.05, 0) is 37.5 Å². The van der Waals surface area contributed by atoms with E-state index in [4.69, 9.17) is 0 Å². The summed E-state index contributed by atoms with van der Waals surface area (Å²) in [5.74, 6) is 1.62. The number of hydrogen-bond acceptors (Lipinski definition) is 1. The molecule has 0 aliphatic rings. The molecule has 0 fully saturated rings. The molecule has 0 saturated heterocycles. The third-order valence-corrected chi connectivity index (χ3v) is 3.21. The second kappa shape index (κ2) is 4.99. The summed E-state index contributed by atoms with van der Waals surface area (Å²) in [6.45, 7) is 12.9. The monoisotopic (exact) mass is 186 g/mol. The van der Waals surface area contributed by atoms with E-state index in [9.17, 15) is 5.11 Å². The Morgan fingerprint density at radius 1 is 1.08 bits per heavy atom. The highest BCUT2D eigenvalue weighted by atomic mass is 16.3. The average molecular weight is 186 g/mol. The van der Waals surface area contributed by atoms with Crippen LogP contribution in [-0.4, -0.2) is 10.7 Å². The van der Waals surface area contributed by atoms with Crippen molar-refractivity contribution in [3.63, 3.8) is 0 Å². The largest absolute Gasteiger partial charge is 0.390 e. The molecular weight excluding hydrogens is 160 g/mol. The van der Waals surface area contributed by atoms with Gasteiger partial charge in [0, 0.05) is 0 Å². The van der Waals surface area contributed by atoms with Gasteiger partial charge in [0.05, 0.1) is 5.60 Å². The molecule has 0 radical (unpaired) electrons. The molecule has 0 saturated carbocycles. The summed E-state index contributed by atoms with van der Waals surface area (Å²) in [6.07, 6.45) is 2.04. The van der Waals surface area contributed by atoms with E-state index < -0.39 is 5.60 Å². The molecule has 2 atom stereocenters. The second-order valence-corrected chi connectivity index (χ2v) is 5.32. The lowest BCUT2D eigenvalue weighted by atomic mass is 9.78. The van der Waals surface area contributed by atoms with Crippen molar-refractivity contribution in [1.82, 2.24) is 0 Å². The normalized spacial score (nSPS) is 19.2. The van der Waals surface area contributed by atoms with E-state index in [2.05, 4.69) is 34.6 Å². The van der Waals surface area contributed by atoms with Crippen molar-refractivity contribution in [2.45, 2.75) is 60.0 Å². The zero-order valence-electron chi connectivity index (χ0n) is 10.1. The third-order valence-electron chi connectivity index (χ3n) is 3.21. The minimum absolute atomic E-state index is 0.381. The SMILES string of the molecule is CC(C)CCC(C)(O)C(C)C(C)C. The van der Waals surface area contributed by atoms with Crippen LogP contribution in [0.5, 0.6) is 0 Å². The highest BCUT2D eigenvalue weighted by Crippen LogP contribution is 2.29. The van der Waals surface area contributed by atoms with E-state index >= 15 is 0 Å². The number of hydrogen-bond donors (Lipinski definition) is 1. The van der Waals surface area contributed by atoms with Crippen LogP contribution in [0.3, 0.4) is 0 Å². The lowest BCUT2D eigenvalue weighted by molar-refractivity contribution is -0.0234. The zero-order chi connectivity index (χ0) is 10.6. The van der Waals surface area contributed by atoms with Crippen molar-refractivity contribution in [3.05, 3.63) is 0 Å². The van der Waals surface area contributed by atoms with E-state index in [1.807, 2.05) is 6.92 Å². The second-order valence-electron chi connectivity index (χ2n) is 5.32. The molecule has 1 heteroatoms. The van der Waals surface area contributed by atoms with Gasteiger partial charge in [-0.3, -0.25) is 0 Å². The van der Waals surface area contributed by atoms with Crippen molar-refractivity contribution in [2.24, 2.45) is 17.8 Å². The molecule has 0 aliphatic heterocycles. The molecule has 13 heavy (non-hydrogen) atoms. The Kier molecular flexibility index (Phi) is 4.98. The molecule has 0 bridgehead atoms. The van der Waals surface area contributed by atoms with Gasteiger partial charge in [-0.1, -0.05) is 34.6 Å². The average Bonchev–Trinajstić information content (AvgIpc) is 1.99. The van der Waals surface area contributed by atoms with Gasteiger partial charge in [0.2, 0.25) is 0 Å². The molecule has 0 amide bonds. The summed E-state index contributed by atoms with van der Waals surface area (Å²) in [4.78, 5) is 0. The first-order valence-corrected chi connectivity index (χ1v) is 5.49. The van der Waals surface area contributed by atoms with Crippen LogP contribution < -0.4 is 0 Å². The summed E-state index contributed by atoms with van der Waals surface area (Å²) in [7, 11) is 0.